The fourth-order valence-corrected chi connectivity index (χ4v) is 3.24. The highest BCUT2D eigenvalue weighted by molar-refractivity contribution is 6.35. The molecule has 1 fully saturated rings. The van der Waals surface area contributed by atoms with Gasteiger partial charge < -0.3 is 5.73 Å². The van der Waals surface area contributed by atoms with Crippen molar-refractivity contribution in [3.63, 3.8) is 0 Å². The van der Waals surface area contributed by atoms with E-state index in [0.717, 1.165) is 31.2 Å². The second-order valence-corrected chi connectivity index (χ2v) is 6.39. The summed E-state index contributed by atoms with van der Waals surface area (Å²) in [6.45, 7) is 0. The molecule has 0 saturated heterocycles. The molecule has 0 spiro atoms. The molecule has 0 unspecified atom stereocenters. The number of hydrogen-bond acceptors (Lipinski definition) is 2. The molecule has 19 heavy (non-hydrogen) atoms. The number of hydrogen-bond donors (Lipinski definition) is 1. The molecule has 1 aromatic rings. The monoisotopic (exact) mass is 299 g/mol. The minimum absolute atomic E-state index is 0.161. The van der Waals surface area contributed by atoms with Crippen molar-refractivity contribution in [2.75, 3.05) is 0 Å². The Morgan fingerprint density at radius 1 is 1.21 bits per heavy atom. The summed E-state index contributed by atoms with van der Waals surface area (Å²) in [5.74, 6) is 0.161. The molecule has 1 aliphatic rings. The van der Waals surface area contributed by atoms with Crippen molar-refractivity contribution in [3.05, 3.63) is 33.8 Å². The van der Waals surface area contributed by atoms with Gasteiger partial charge in [-0.1, -0.05) is 48.5 Å². The number of benzene rings is 1. The van der Waals surface area contributed by atoms with Crippen LogP contribution >= 0.6 is 23.2 Å². The summed E-state index contributed by atoms with van der Waals surface area (Å²) < 4.78 is 0. The van der Waals surface area contributed by atoms with Crippen LogP contribution in [-0.4, -0.2) is 11.3 Å². The second-order valence-electron chi connectivity index (χ2n) is 5.55. The predicted octanol–water partition coefficient (Wildman–Crippen LogP) is 4.16. The van der Waals surface area contributed by atoms with Crippen LogP contribution in [0.1, 0.15) is 44.1 Å². The van der Waals surface area contributed by atoms with Gasteiger partial charge in [0.15, 0.2) is 0 Å². The number of carbonyl (C=O) groups is 1. The summed E-state index contributed by atoms with van der Waals surface area (Å²) in [4.78, 5) is 12.2. The topological polar surface area (TPSA) is 43.1 Å². The van der Waals surface area contributed by atoms with Crippen LogP contribution in [0.15, 0.2) is 18.2 Å². The van der Waals surface area contributed by atoms with Crippen molar-refractivity contribution in [1.82, 2.24) is 0 Å². The summed E-state index contributed by atoms with van der Waals surface area (Å²) in [5, 5.41) is 1.14. The molecule has 0 atom stereocenters. The molecule has 2 N–H and O–H groups in total. The lowest BCUT2D eigenvalue weighted by molar-refractivity contribution is -0.119. The summed E-state index contributed by atoms with van der Waals surface area (Å²) >= 11 is 11.9. The Bertz CT molecular complexity index is 467. The van der Waals surface area contributed by atoms with E-state index in [1.54, 1.807) is 12.1 Å². The molecular formula is C15H19Cl2NO. The van der Waals surface area contributed by atoms with Gasteiger partial charge in [-0.25, -0.2) is 0 Å². The Morgan fingerprint density at radius 3 is 2.53 bits per heavy atom. The van der Waals surface area contributed by atoms with E-state index < -0.39 is 0 Å². The van der Waals surface area contributed by atoms with Crippen LogP contribution in [0.4, 0.5) is 0 Å². The first-order chi connectivity index (χ1) is 8.98. The standard InChI is InChI=1S/C15H19Cl2NO/c16-12-5-4-11(14(17)9-12)8-13(19)10-15(18)6-2-1-3-7-15/h4-5,9H,1-3,6-8,10,18H2. The van der Waals surface area contributed by atoms with Crippen molar-refractivity contribution in [2.45, 2.75) is 50.5 Å². The van der Waals surface area contributed by atoms with E-state index >= 15 is 0 Å². The quantitative estimate of drug-likeness (QED) is 0.907. The zero-order valence-electron chi connectivity index (χ0n) is 10.9. The van der Waals surface area contributed by atoms with E-state index in [0.29, 0.717) is 22.9 Å². The molecule has 0 amide bonds. The first kappa shape index (κ1) is 14.8. The van der Waals surface area contributed by atoms with Gasteiger partial charge >= 0.3 is 0 Å². The molecule has 0 aliphatic heterocycles. The normalized spacial score (nSPS) is 18.3. The average Bonchev–Trinajstić information content (AvgIpc) is 2.33. The molecule has 4 heteroatoms. The van der Waals surface area contributed by atoms with Crippen molar-refractivity contribution in [2.24, 2.45) is 5.73 Å². The summed E-state index contributed by atoms with van der Waals surface area (Å²) in [6, 6.07) is 5.24. The Labute approximate surface area is 124 Å². The molecule has 1 aromatic carbocycles. The third-order valence-electron chi connectivity index (χ3n) is 3.80. The maximum absolute atomic E-state index is 12.2. The minimum Gasteiger partial charge on any atom is -0.325 e. The number of carbonyl (C=O) groups excluding carboxylic acids is 1. The first-order valence-corrected chi connectivity index (χ1v) is 7.49. The third-order valence-corrected chi connectivity index (χ3v) is 4.39. The van der Waals surface area contributed by atoms with Gasteiger partial charge in [0.1, 0.15) is 5.78 Å². The molecular weight excluding hydrogens is 281 g/mol. The van der Waals surface area contributed by atoms with Crippen molar-refractivity contribution in [3.8, 4) is 0 Å². The van der Waals surface area contributed by atoms with Crippen LogP contribution in [0.25, 0.3) is 0 Å². The minimum atomic E-state index is -0.297. The summed E-state index contributed by atoms with van der Waals surface area (Å²) in [6.07, 6.45) is 6.19. The molecule has 2 rings (SSSR count). The van der Waals surface area contributed by atoms with Crippen LogP contribution in [-0.2, 0) is 11.2 Å². The van der Waals surface area contributed by atoms with Crippen LogP contribution in [0.5, 0.6) is 0 Å². The molecule has 0 radical (unpaired) electrons. The van der Waals surface area contributed by atoms with E-state index in [1.807, 2.05) is 6.07 Å². The highest BCUT2D eigenvalue weighted by Gasteiger charge is 2.29. The van der Waals surface area contributed by atoms with Gasteiger partial charge in [-0.05, 0) is 30.5 Å². The van der Waals surface area contributed by atoms with E-state index in [4.69, 9.17) is 28.9 Å². The molecule has 0 bridgehead atoms. The van der Waals surface area contributed by atoms with E-state index in [9.17, 15) is 4.79 Å². The smallest absolute Gasteiger partial charge is 0.139 e. The second kappa shape index (κ2) is 6.25. The van der Waals surface area contributed by atoms with E-state index in [-0.39, 0.29) is 11.3 Å². The lowest BCUT2D eigenvalue weighted by Crippen LogP contribution is -2.43. The molecule has 0 heterocycles. The highest BCUT2D eigenvalue weighted by Crippen LogP contribution is 2.30. The SMILES string of the molecule is NC1(CC(=O)Cc2ccc(Cl)cc2Cl)CCCCC1. The lowest BCUT2D eigenvalue weighted by atomic mass is 9.78. The summed E-state index contributed by atoms with van der Waals surface area (Å²) in [7, 11) is 0. The number of ketones is 1. The van der Waals surface area contributed by atoms with E-state index in [2.05, 4.69) is 0 Å². The zero-order chi connectivity index (χ0) is 13.9. The number of nitrogens with two attached hydrogens (primary N) is 1. The van der Waals surface area contributed by atoms with Gasteiger partial charge in [-0.15, -0.1) is 0 Å². The first-order valence-electron chi connectivity index (χ1n) is 6.73. The molecule has 104 valence electrons. The Balaban J connectivity index is 1.97. The molecule has 1 saturated carbocycles. The fraction of sp³-hybridized carbons (Fsp3) is 0.533. The lowest BCUT2D eigenvalue weighted by Gasteiger charge is -2.32. The van der Waals surface area contributed by atoms with Crippen LogP contribution < -0.4 is 5.73 Å². The third kappa shape index (κ3) is 4.20. The Morgan fingerprint density at radius 2 is 1.89 bits per heavy atom. The zero-order valence-corrected chi connectivity index (χ0v) is 12.4. The van der Waals surface area contributed by atoms with Gasteiger partial charge in [0.05, 0.1) is 0 Å². The van der Waals surface area contributed by atoms with Gasteiger partial charge in [0.2, 0.25) is 0 Å². The van der Waals surface area contributed by atoms with Gasteiger partial charge in [0.25, 0.3) is 0 Å². The molecule has 1 aliphatic carbocycles. The van der Waals surface area contributed by atoms with Gasteiger partial charge in [-0.3, -0.25) is 4.79 Å². The van der Waals surface area contributed by atoms with E-state index in [1.165, 1.54) is 6.42 Å². The maximum atomic E-state index is 12.2. The molecule has 2 nitrogen and oxygen atoms in total. The average molecular weight is 300 g/mol. The molecule has 0 aromatic heterocycles. The van der Waals surface area contributed by atoms with Crippen molar-refractivity contribution < 1.29 is 4.79 Å². The number of Topliss-reactive ketones (excluding diaryl/α,β-unsaturated/α-hetero) is 1. The predicted molar refractivity (Wildman–Crippen MR) is 79.8 cm³/mol. The van der Waals surface area contributed by atoms with Crippen molar-refractivity contribution >= 4 is 29.0 Å². The summed E-state index contributed by atoms with van der Waals surface area (Å²) in [5.41, 5.74) is 6.83. The number of rotatable bonds is 4. The van der Waals surface area contributed by atoms with Gasteiger partial charge in [0, 0.05) is 28.4 Å². The largest absolute Gasteiger partial charge is 0.325 e. The Kier molecular flexibility index (Phi) is 4.88. The van der Waals surface area contributed by atoms with Crippen LogP contribution in [0.3, 0.4) is 0 Å². The fourth-order valence-electron chi connectivity index (χ4n) is 2.77. The van der Waals surface area contributed by atoms with Crippen LogP contribution in [0.2, 0.25) is 10.0 Å². The van der Waals surface area contributed by atoms with Gasteiger partial charge in [-0.2, -0.15) is 0 Å². The van der Waals surface area contributed by atoms with Crippen molar-refractivity contribution in [1.29, 1.82) is 0 Å². The number of halogens is 2. The maximum Gasteiger partial charge on any atom is 0.139 e. The highest BCUT2D eigenvalue weighted by atomic mass is 35.5. The van der Waals surface area contributed by atoms with Crippen LogP contribution in [0, 0.1) is 0 Å². The Hall–Kier alpha value is -0.570.